The topological polar surface area (TPSA) is 113 Å². The third-order valence-electron chi connectivity index (χ3n) is 7.17. The van der Waals surface area contributed by atoms with Crippen molar-refractivity contribution in [3.05, 3.63) is 35.9 Å². The molecule has 2 aliphatic heterocycles. The van der Waals surface area contributed by atoms with Gasteiger partial charge in [0.05, 0.1) is 24.3 Å². The molecule has 2 heterocycles. The Kier molecular flexibility index (Phi) is 7.39. The first-order valence-electron chi connectivity index (χ1n) is 12.8. The average molecular weight is 553 g/mol. The Hall–Kier alpha value is -3.28. The zero-order valence-electron chi connectivity index (χ0n) is 22.7. The second kappa shape index (κ2) is 10.0. The fourth-order valence-electron chi connectivity index (χ4n) is 5.62. The van der Waals surface area contributed by atoms with E-state index >= 15 is 0 Å². The molecule has 0 aromatic heterocycles. The first-order valence-corrected chi connectivity index (χ1v) is 12.8. The van der Waals surface area contributed by atoms with Crippen LogP contribution in [-0.2, 0) is 14.3 Å². The number of carbonyl (C=O) groups excluding carboxylic acids is 2. The Bertz CT molecular complexity index is 1160. The van der Waals surface area contributed by atoms with Crippen LogP contribution in [0.3, 0.4) is 0 Å². The van der Waals surface area contributed by atoms with Crippen LogP contribution in [0, 0.1) is 17.2 Å². The third kappa shape index (κ3) is 6.32. The molecule has 39 heavy (non-hydrogen) atoms. The van der Waals surface area contributed by atoms with Crippen molar-refractivity contribution < 1.29 is 37.0 Å². The van der Waals surface area contributed by atoms with Gasteiger partial charge < -0.3 is 24.8 Å². The smallest absolute Gasteiger partial charge is 0.487 e. The molecule has 4 rings (SSSR count). The Labute approximate surface area is 225 Å². The van der Waals surface area contributed by atoms with Crippen molar-refractivity contribution in [1.82, 2.24) is 15.5 Å². The third-order valence-corrected chi connectivity index (χ3v) is 7.17. The largest absolute Gasteiger partial charge is 0.573 e. The number of rotatable bonds is 8. The lowest BCUT2D eigenvalue weighted by Crippen LogP contribution is -2.63. The summed E-state index contributed by atoms with van der Waals surface area (Å²) in [5.41, 5.74) is -0.666. The van der Waals surface area contributed by atoms with Crippen LogP contribution in [0.25, 0.3) is 0 Å². The van der Waals surface area contributed by atoms with E-state index in [1.165, 1.54) is 24.1 Å². The maximum absolute atomic E-state index is 13.5. The molecular weight excluding hydrogens is 517 g/mol. The second-order valence-electron chi connectivity index (χ2n) is 11.7. The molecule has 0 bridgehead atoms. The van der Waals surface area contributed by atoms with Crippen molar-refractivity contribution in [3.8, 4) is 11.5 Å². The molecule has 1 saturated carbocycles. The molecule has 3 aliphatic rings. The predicted molar refractivity (Wildman–Crippen MR) is 136 cm³/mol. The number of benzene rings is 1. The molecule has 1 aromatic rings. The minimum Gasteiger partial charge on any atom is -0.487 e. The number of nitrogens with one attached hydrogen (secondary N) is 3. The Morgan fingerprint density at radius 1 is 1.33 bits per heavy atom. The highest BCUT2D eigenvalue weighted by Gasteiger charge is 2.54. The summed E-state index contributed by atoms with van der Waals surface area (Å²) in [6, 6.07) is 2.70. The number of halogens is 3. The van der Waals surface area contributed by atoms with Crippen LogP contribution >= 0.6 is 0 Å². The van der Waals surface area contributed by atoms with Crippen LogP contribution in [0.15, 0.2) is 30.4 Å². The number of hydrogen-bond donors (Lipinski definition) is 3. The summed E-state index contributed by atoms with van der Waals surface area (Å²) in [5.74, 6) is -1.79. The summed E-state index contributed by atoms with van der Waals surface area (Å²) in [5, 5.41) is 14.4. The normalized spacial score (nSPS) is 26.1. The van der Waals surface area contributed by atoms with Gasteiger partial charge in [-0.15, -0.1) is 13.2 Å². The maximum atomic E-state index is 13.5. The summed E-state index contributed by atoms with van der Waals surface area (Å²) in [6.07, 6.45) is -4.12. The second-order valence-corrected chi connectivity index (χ2v) is 11.7. The van der Waals surface area contributed by atoms with Crippen LogP contribution in [0.1, 0.15) is 58.6 Å². The van der Waals surface area contributed by atoms with Gasteiger partial charge in [-0.3, -0.25) is 19.9 Å². The molecule has 2 fully saturated rings. The molecule has 9 nitrogen and oxygen atoms in total. The number of ether oxygens (including phenoxy) is 3. The van der Waals surface area contributed by atoms with E-state index in [0.29, 0.717) is 12.0 Å². The molecule has 1 saturated heterocycles. The molecule has 214 valence electrons. The highest BCUT2D eigenvalue weighted by atomic mass is 19.4. The van der Waals surface area contributed by atoms with Crippen molar-refractivity contribution in [2.45, 2.75) is 76.5 Å². The first-order chi connectivity index (χ1) is 18.0. The van der Waals surface area contributed by atoms with E-state index in [4.69, 9.17) is 14.9 Å². The molecule has 0 radical (unpaired) electrons. The zero-order chi connectivity index (χ0) is 28.9. The predicted octanol–water partition coefficient (Wildman–Crippen LogP) is 4.05. The lowest BCUT2D eigenvalue weighted by molar-refractivity contribution is -0.275. The summed E-state index contributed by atoms with van der Waals surface area (Å²) < 4.78 is 54.8. The quantitative estimate of drug-likeness (QED) is 0.420. The Morgan fingerprint density at radius 3 is 2.64 bits per heavy atom. The summed E-state index contributed by atoms with van der Waals surface area (Å²) in [7, 11) is 1.50. The molecule has 3 N–H and O–H groups in total. The van der Waals surface area contributed by atoms with Gasteiger partial charge in [-0.05, 0) is 57.7 Å². The minimum atomic E-state index is -4.92. The maximum Gasteiger partial charge on any atom is 0.573 e. The molecule has 1 aromatic carbocycles. The van der Waals surface area contributed by atoms with E-state index in [9.17, 15) is 22.8 Å². The number of nitrogens with zero attached hydrogens (tertiary/aromatic N) is 1. The van der Waals surface area contributed by atoms with Crippen molar-refractivity contribution in [1.29, 1.82) is 5.41 Å². The van der Waals surface area contributed by atoms with E-state index in [1.54, 1.807) is 19.9 Å². The Balaban J connectivity index is 1.57. The fourth-order valence-corrected chi connectivity index (χ4v) is 5.62. The van der Waals surface area contributed by atoms with Gasteiger partial charge in [-0.2, -0.15) is 0 Å². The van der Waals surface area contributed by atoms with Gasteiger partial charge in [-0.1, -0.05) is 12.6 Å². The fraction of sp³-hybridized carbons (Fsp3) is 0.593. The summed E-state index contributed by atoms with van der Waals surface area (Å²) in [4.78, 5) is 27.9. The monoisotopic (exact) mass is 552 g/mol. The first kappa shape index (κ1) is 28.7. The number of guanidine groups is 1. The minimum absolute atomic E-state index is 0.0707. The number of methoxy groups -OCH3 is 1. The zero-order valence-corrected chi connectivity index (χ0v) is 22.7. The molecule has 1 aliphatic carbocycles. The highest BCUT2D eigenvalue weighted by Crippen LogP contribution is 2.49. The highest BCUT2D eigenvalue weighted by molar-refractivity contribution is 6.00. The van der Waals surface area contributed by atoms with Gasteiger partial charge in [0.15, 0.2) is 5.96 Å². The van der Waals surface area contributed by atoms with Crippen LogP contribution in [0.4, 0.5) is 13.2 Å². The average Bonchev–Trinajstić information content (AvgIpc) is 3.54. The number of amides is 2. The van der Waals surface area contributed by atoms with E-state index in [2.05, 4.69) is 21.9 Å². The lowest BCUT2D eigenvalue weighted by Gasteiger charge is -2.43. The van der Waals surface area contributed by atoms with Crippen molar-refractivity contribution in [3.63, 3.8) is 0 Å². The molecule has 1 unspecified atom stereocenters. The van der Waals surface area contributed by atoms with E-state index in [-0.39, 0.29) is 54.5 Å². The number of alkyl halides is 3. The van der Waals surface area contributed by atoms with Crippen LogP contribution in [0.5, 0.6) is 11.5 Å². The molecule has 12 heteroatoms. The number of hydrogen-bond acceptors (Lipinski definition) is 6. The van der Waals surface area contributed by atoms with Crippen molar-refractivity contribution in [2.75, 3.05) is 13.7 Å². The summed E-state index contributed by atoms with van der Waals surface area (Å²) in [6.45, 7) is 11.4. The van der Waals surface area contributed by atoms with E-state index in [1.807, 2.05) is 13.8 Å². The molecule has 2 amide bonds. The molecular formula is C27H35F3N4O5. The lowest BCUT2D eigenvalue weighted by atomic mass is 9.89. The standard InChI is InChI=1S/C27H35F3N4O5/c1-14(13-37-6)22(34-20(35)12-25(2,3)33-24(34)31)15-10-16(15)23(36)32-17-11-26(4,5)38-18-8-7-9-19(21(17)18)39-27(28,29)30/h7-9,15-17,22H,1,10-13H2,2-6H3,(H2,31,33)(H,32,36)/t15-,16-,17?,22-/m1/s1. The van der Waals surface area contributed by atoms with Gasteiger partial charge in [0.1, 0.15) is 17.1 Å². The molecule has 4 atom stereocenters. The summed E-state index contributed by atoms with van der Waals surface area (Å²) >= 11 is 0. The van der Waals surface area contributed by atoms with E-state index in [0.717, 1.165) is 0 Å². The van der Waals surface area contributed by atoms with Crippen LogP contribution in [-0.4, -0.2) is 59.9 Å². The van der Waals surface area contributed by atoms with Crippen LogP contribution in [0.2, 0.25) is 0 Å². The van der Waals surface area contributed by atoms with Gasteiger partial charge in [0.2, 0.25) is 11.8 Å². The van der Waals surface area contributed by atoms with Gasteiger partial charge in [0.25, 0.3) is 0 Å². The Morgan fingerprint density at radius 2 is 2.03 bits per heavy atom. The van der Waals surface area contributed by atoms with Gasteiger partial charge in [0, 0.05) is 31.4 Å². The van der Waals surface area contributed by atoms with Gasteiger partial charge >= 0.3 is 6.36 Å². The van der Waals surface area contributed by atoms with Crippen molar-refractivity contribution in [2.24, 2.45) is 11.8 Å². The number of fused-ring (bicyclic) bond motifs is 1. The van der Waals surface area contributed by atoms with Gasteiger partial charge in [-0.25, -0.2) is 0 Å². The SMILES string of the molecule is C=C(COC)[C@H]([C@@H]1C[C@H]1C(=O)NC1CC(C)(C)Oc2cccc(OC(F)(F)F)c21)N1C(=N)NC(C)(C)CC1=O. The van der Waals surface area contributed by atoms with Crippen molar-refractivity contribution >= 4 is 17.8 Å². The molecule has 0 spiro atoms. The van der Waals surface area contributed by atoms with Crippen LogP contribution < -0.4 is 20.1 Å². The van der Waals surface area contributed by atoms with E-state index < -0.39 is 41.3 Å². The number of carbonyl (C=O) groups is 2.